The molecule has 0 radical (unpaired) electrons. The molecule has 1 aromatic rings. The van der Waals surface area contributed by atoms with Crippen molar-refractivity contribution in [1.29, 1.82) is 0 Å². The van der Waals surface area contributed by atoms with E-state index in [4.69, 9.17) is 0 Å². The molecule has 0 N–H and O–H groups in total. The van der Waals surface area contributed by atoms with Gasteiger partial charge in [0.15, 0.2) is 0 Å². The maximum absolute atomic E-state index is 2.00. The van der Waals surface area contributed by atoms with E-state index in [1.165, 1.54) is 0 Å². The summed E-state index contributed by atoms with van der Waals surface area (Å²) in [5, 5.41) is 0. The minimum Gasteiger partial charge on any atom is -0.0623 e. The van der Waals surface area contributed by atoms with Crippen LogP contribution in [0.1, 0.15) is 0 Å². The molecular weight excluding hydrogens is 462 g/mol. The minimum atomic E-state index is 0. The van der Waals surface area contributed by atoms with Crippen LogP contribution in [-0.4, -0.2) is 0 Å². The molecule has 1 aromatic carbocycles. The maximum Gasteiger partial charge on any atom is 0 e. The molecule has 0 spiro atoms. The van der Waals surface area contributed by atoms with Gasteiger partial charge < -0.3 is 0 Å². The first-order valence-electron chi connectivity index (χ1n) is 2.00. The monoisotopic (exact) mass is 468 g/mol. The Hall–Kier alpha value is 0.597. The third-order valence-electron chi connectivity index (χ3n) is 0.667. The van der Waals surface area contributed by atoms with Crippen molar-refractivity contribution in [2.45, 2.75) is 0 Å². The summed E-state index contributed by atoms with van der Waals surface area (Å²) in [6.07, 6.45) is 0. The Morgan fingerprint density at radius 2 is 0.500 bits per heavy atom. The molecule has 50 valence electrons. The van der Waals surface area contributed by atoms with Gasteiger partial charge in [0.1, 0.15) is 0 Å². The van der Waals surface area contributed by atoms with Crippen LogP contribution in [0.15, 0.2) is 36.4 Å². The van der Waals surface area contributed by atoms with Crippen LogP contribution in [0.5, 0.6) is 0 Å². The molecule has 0 saturated carbocycles. The molecule has 0 heterocycles. The van der Waals surface area contributed by atoms with E-state index in [1.54, 1.807) is 0 Å². The fraction of sp³-hybridized carbons (Fsp3) is 0. The van der Waals surface area contributed by atoms with Gasteiger partial charge in [-0.05, 0) is 0 Å². The topological polar surface area (TPSA) is 0 Å². The molecule has 0 nitrogen and oxygen atoms in total. The summed E-state index contributed by atoms with van der Waals surface area (Å²) in [5.74, 6) is 0. The summed E-state index contributed by atoms with van der Waals surface area (Å²) in [4.78, 5) is 0. The van der Waals surface area contributed by atoms with E-state index in [0.29, 0.717) is 0 Å². The predicted octanol–water partition coefficient (Wildman–Crippen LogP) is 1.68. The Labute approximate surface area is 78.2 Å². The van der Waals surface area contributed by atoms with Gasteiger partial charge in [0.2, 0.25) is 0 Å². The van der Waals surface area contributed by atoms with Gasteiger partial charge in [0.25, 0.3) is 0 Å². The zero-order valence-corrected chi connectivity index (χ0v) is 8.64. The second-order valence-corrected chi connectivity index (χ2v) is 1.15. The summed E-state index contributed by atoms with van der Waals surface area (Å²) in [5.41, 5.74) is 0. The van der Waals surface area contributed by atoms with Crippen LogP contribution in [0, 0.1) is 0 Å². The molecule has 0 amide bonds. The SMILES string of the molecule is [Pt].[Pt].c1ccccc1. The molecule has 0 aliphatic rings. The molecule has 0 bridgehead atoms. The molecule has 0 aliphatic carbocycles. The minimum absolute atomic E-state index is 0. The van der Waals surface area contributed by atoms with Crippen molar-refractivity contribution < 1.29 is 42.1 Å². The normalized spacial score (nSPS) is 6.00. The standard InChI is InChI=1S/C6H6.2Pt/c1-2-4-6-5-3-1;;/h1-6H;;. The fourth-order valence-corrected chi connectivity index (χ4v) is 0.385. The van der Waals surface area contributed by atoms with Crippen LogP contribution in [0.3, 0.4) is 0 Å². The predicted molar refractivity (Wildman–Crippen MR) is 26.4 cm³/mol. The molecule has 0 unspecified atom stereocenters. The number of hydrogen-bond donors (Lipinski definition) is 0. The molecule has 0 fully saturated rings. The van der Waals surface area contributed by atoms with E-state index in [9.17, 15) is 0 Å². The smallest absolute Gasteiger partial charge is 0 e. The van der Waals surface area contributed by atoms with Crippen molar-refractivity contribution in [1.82, 2.24) is 0 Å². The number of benzene rings is 1. The van der Waals surface area contributed by atoms with Crippen molar-refractivity contribution in [3.05, 3.63) is 36.4 Å². The van der Waals surface area contributed by atoms with Gasteiger partial charge in [-0.1, -0.05) is 36.4 Å². The van der Waals surface area contributed by atoms with Gasteiger partial charge in [0, 0.05) is 42.1 Å². The van der Waals surface area contributed by atoms with Gasteiger partial charge in [-0.2, -0.15) is 0 Å². The quantitative estimate of drug-likeness (QED) is 0.544. The van der Waals surface area contributed by atoms with E-state index < -0.39 is 0 Å². The van der Waals surface area contributed by atoms with Crippen LogP contribution in [0.4, 0.5) is 0 Å². The van der Waals surface area contributed by atoms with Crippen LogP contribution in [-0.2, 0) is 42.1 Å². The molecule has 1 rings (SSSR count). The van der Waals surface area contributed by atoms with E-state index in [0.717, 1.165) is 0 Å². The van der Waals surface area contributed by atoms with E-state index in [2.05, 4.69) is 0 Å². The number of hydrogen-bond acceptors (Lipinski definition) is 0. The molecule has 0 atom stereocenters. The summed E-state index contributed by atoms with van der Waals surface area (Å²) < 4.78 is 0. The van der Waals surface area contributed by atoms with Crippen LogP contribution < -0.4 is 0 Å². The first-order valence-corrected chi connectivity index (χ1v) is 2.00. The first kappa shape index (κ1) is 11.4. The zero-order valence-electron chi connectivity index (χ0n) is 4.10. The van der Waals surface area contributed by atoms with Gasteiger partial charge >= 0.3 is 0 Å². The molecule has 0 aromatic heterocycles. The molecule has 0 aliphatic heterocycles. The number of rotatable bonds is 0. The summed E-state index contributed by atoms with van der Waals surface area (Å²) in [6.45, 7) is 0. The van der Waals surface area contributed by atoms with Crippen molar-refractivity contribution in [3.63, 3.8) is 0 Å². The largest absolute Gasteiger partial charge is 0.0623 e. The van der Waals surface area contributed by atoms with E-state index in [1.807, 2.05) is 36.4 Å². The average Bonchev–Trinajstić information content (AvgIpc) is 1.72. The Morgan fingerprint density at radius 1 is 0.375 bits per heavy atom. The molecule has 2 heteroatoms. The van der Waals surface area contributed by atoms with Gasteiger partial charge in [-0.25, -0.2) is 0 Å². The second-order valence-electron chi connectivity index (χ2n) is 1.15. The maximum atomic E-state index is 2.00. The van der Waals surface area contributed by atoms with Crippen molar-refractivity contribution in [2.75, 3.05) is 0 Å². The first-order chi connectivity index (χ1) is 3.00. The second kappa shape index (κ2) is 7.60. The Balaban J connectivity index is 0. The van der Waals surface area contributed by atoms with Crippen LogP contribution >= 0.6 is 0 Å². The molecule has 8 heavy (non-hydrogen) atoms. The fourth-order valence-electron chi connectivity index (χ4n) is 0.385. The summed E-state index contributed by atoms with van der Waals surface area (Å²) in [7, 11) is 0. The summed E-state index contributed by atoms with van der Waals surface area (Å²) in [6, 6.07) is 12.0. The van der Waals surface area contributed by atoms with Gasteiger partial charge in [0.05, 0.1) is 0 Å². The van der Waals surface area contributed by atoms with E-state index >= 15 is 0 Å². The third kappa shape index (κ3) is 4.75. The average molecular weight is 468 g/mol. The Morgan fingerprint density at radius 3 is 0.625 bits per heavy atom. The van der Waals surface area contributed by atoms with Crippen molar-refractivity contribution in [3.8, 4) is 0 Å². The zero-order chi connectivity index (χ0) is 4.24. The van der Waals surface area contributed by atoms with Crippen molar-refractivity contribution in [2.24, 2.45) is 0 Å². The molecule has 0 saturated heterocycles. The third-order valence-corrected chi connectivity index (χ3v) is 0.667. The van der Waals surface area contributed by atoms with Crippen molar-refractivity contribution >= 4 is 0 Å². The van der Waals surface area contributed by atoms with Crippen LogP contribution in [0.25, 0.3) is 0 Å². The van der Waals surface area contributed by atoms with Crippen LogP contribution in [0.2, 0.25) is 0 Å². The summed E-state index contributed by atoms with van der Waals surface area (Å²) >= 11 is 0. The Kier molecular flexibility index (Phi) is 10.8. The van der Waals surface area contributed by atoms with Gasteiger partial charge in [-0.15, -0.1) is 0 Å². The Bertz CT molecular complexity index is 78.5. The van der Waals surface area contributed by atoms with Gasteiger partial charge in [-0.3, -0.25) is 0 Å². The molecular formula is C6H6Pt2. The van der Waals surface area contributed by atoms with E-state index in [-0.39, 0.29) is 42.1 Å².